The third-order valence-electron chi connectivity index (χ3n) is 6.05. The van der Waals surface area contributed by atoms with Crippen LogP contribution in [0.4, 0.5) is 4.79 Å². The zero-order valence-electron chi connectivity index (χ0n) is 19.0. The van der Waals surface area contributed by atoms with Gasteiger partial charge in [-0.05, 0) is 56.6 Å². The average Bonchev–Trinajstić information content (AvgIpc) is 3.10. The third-order valence-corrected chi connectivity index (χ3v) is 6.05. The topological polar surface area (TPSA) is 29.5 Å². The Balaban J connectivity index is 1.86. The molecule has 1 amide bonds. The molecule has 0 aromatic heterocycles. The molecule has 0 spiro atoms. The number of hydrogen-bond acceptors (Lipinski definition) is 2. The van der Waals surface area contributed by atoms with Gasteiger partial charge in [-0.15, -0.1) is 5.73 Å². The van der Waals surface area contributed by atoms with Crippen LogP contribution in [0.1, 0.15) is 77.7 Å². The molecule has 1 saturated carbocycles. The lowest BCUT2D eigenvalue weighted by molar-refractivity contribution is 0.142. The first-order valence-corrected chi connectivity index (χ1v) is 11.7. The summed E-state index contributed by atoms with van der Waals surface area (Å²) in [6, 6.07) is 10.2. The Kier molecular flexibility index (Phi) is 8.39. The number of ether oxygens (including phenoxy) is 1. The molecule has 1 atom stereocenters. The fourth-order valence-electron chi connectivity index (χ4n) is 4.49. The number of hydrogen-bond donors (Lipinski definition) is 0. The van der Waals surface area contributed by atoms with E-state index < -0.39 is 0 Å². The zero-order valence-corrected chi connectivity index (χ0v) is 19.0. The molecule has 0 radical (unpaired) electrons. The molecule has 3 heteroatoms. The highest BCUT2D eigenvalue weighted by molar-refractivity contribution is 5.71. The van der Waals surface area contributed by atoms with E-state index in [0.717, 1.165) is 24.8 Å². The number of cyclic esters (lactones) is 1. The highest BCUT2D eigenvalue weighted by Gasteiger charge is 2.35. The lowest BCUT2D eigenvalue weighted by Gasteiger charge is -2.23. The van der Waals surface area contributed by atoms with Gasteiger partial charge < -0.3 is 4.74 Å². The maximum absolute atomic E-state index is 12.7. The number of carbonyl (C=O) groups excluding carboxylic acids is 1. The van der Waals surface area contributed by atoms with E-state index >= 15 is 0 Å². The van der Waals surface area contributed by atoms with Gasteiger partial charge in [0.2, 0.25) is 0 Å². The van der Waals surface area contributed by atoms with Crippen molar-refractivity contribution in [1.82, 2.24) is 4.90 Å². The molecule has 1 aromatic carbocycles. The van der Waals surface area contributed by atoms with Crippen molar-refractivity contribution in [2.24, 2.45) is 5.92 Å². The van der Waals surface area contributed by atoms with E-state index in [1.54, 1.807) is 0 Å². The summed E-state index contributed by atoms with van der Waals surface area (Å²) >= 11 is 0. The minimum absolute atomic E-state index is 0.193. The molecule has 2 aliphatic rings. The predicted molar refractivity (Wildman–Crippen MR) is 123 cm³/mol. The fourth-order valence-corrected chi connectivity index (χ4v) is 4.49. The zero-order chi connectivity index (χ0) is 21.3. The Morgan fingerprint density at radius 3 is 2.57 bits per heavy atom. The number of benzene rings is 1. The Labute approximate surface area is 182 Å². The highest BCUT2D eigenvalue weighted by atomic mass is 16.6. The number of nitrogens with zero attached hydrogens (tertiary/aromatic N) is 1. The SMILES string of the molecule is CCCCC(=C=C(C)C)/C(=C/C1CCCCC1)[C@@H]1CN(Cc2ccccc2)C(=O)O1. The number of carbonyl (C=O) groups is 1. The quantitative estimate of drug-likeness (QED) is 0.337. The van der Waals surface area contributed by atoms with Gasteiger partial charge in [0.25, 0.3) is 0 Å². The molecule has 0 N–H and O–H groups in total. The van der Waals surface area contributed by atoms with Crippen LogP contribution in [-0.2, 0) is 11.3 Å². The Morgan fingerprint density at radius 1 is 1.17 bits per heavy atom. The number of unbranched alkanes of at least 4 members (excludes halogenated alkanes) is 1. The molecule has 3 nitrogen and oxygen atoms in total. The van der Waals surface area contributed by atoms with Crippen molar-refractivity contribution in [2.75, 3.05) is 6.54 Å². The van der Waals surface area contributed by atoms with Gasteiger partial charge in [-0.2, -0.15) is 0 Å². The minimum Gasteiger partial charge on any atom is -0.439 e. The fraction of sp³-hybridized carbons (Fsp3) is 0.556. The molecule has 1 aliphatic carbocycles. The van der Waals surface area contributed by atoms with Crippen LogP contribution >= 0.6 is 0 Å². The van der Waals surface area contributed by atoms with E-state index in [-0.39, 0.29) is 12.2 Å². The largest absolute Gasteiger partial charge is 0.439 e. The Bertz CT molecular complexity index is 791. The Hall–Kier alpha value is -2.25. The third kappa shape index (κ3) is 6.37. The van der Waals surface area contributed by atoms with Crippen molar-refractivity contribution < 1.29 is 9.53 Å². The molecule has 30 heavy (non-hydrogen) atoms. The lowest BCUT2D eigenvalue weighted by atomic mass is 9.85. The summed E-state index contributed by atoms with van der Waals surface area (Å²) in [4.78, 5) is 14.5. The van der Waals surface area contributed by atoms with Crippen LogP contribution < -0.4 is 0 Å². The van der Waals surface area contributed by atoms with Crippen LogP contribution in [0, 0.1) is 5.92 Å². The van der Waals surface area contributed by atoms with Gasteiger partial charge in [-0.25, -0.2) is 4.79 Å². The molecule has 2 fully saturated rings. The van der Waals surface area contributed by atoms with E-state index in [0.29, 0.717) is 19.0 Å². The molecule has 0 unspecified atom stereocenters. The van der Waals surface area contributed by atoms with E-state index in [9.17, 15) is 4.79 Å². The number of amides is 1. The molecule has 162 valence electrons. The summed E-state index contributed by atoms with van der Waals surface area (Å²) in [6.45, 7) is 7.65. The van der Waals surface area contributed by atoms with Crippen molar-refractivity contribution in [2.45, 2.75) is 84.8 Å². The van der Waals surface area contributed by atoms with Gasteiger partial charge in [-0.1, -0.05) is 69.0 Å². The number of rotatable bonds is 8. The van der Waals surface area contributed by atoms with Gasteiger partial charge in [0.05, 0.1) is 6.54 Å². The molecule has 0 bridgehead atoms. The molecule has 1 heterocycles. The molecule has 1 saturated heterocycles. The Morgan fingerprint density at radius 2 is 1.90 bits per heavy atom. The smallest absolute Gasteiger partial charge is 0.410 e. The average molecular weight is 408 g/mol. The second-order valence-corrected chi connectivity index (χ2v) is 8.97. The van der Waals surface area contributed by atoms with Crippen molar-refractivity contribution >= 4 is 6.09 Å². The minimum atomic E-state index is -0.203. The summed E-state index contributed by atoms with van der Waals surface area (Å²) in [7, 11) is 0. The van der Waals surface area contributed by atoms with Gasteiger partial charge in [0, 0.05) is 17.7 Å². The van der Waals surface area contributed by atoms with Gasteiger partial charge >= 0.3 is 6.09 Å². The van der Waals surface area contributed by atoms with E-state index in [4.69, 9.17) is 4.74 Å². The monoisotopic (exact) mass is 407 g/mol. The normalized spacial score (nSPS) is 20.1. The lowest BCUT2D eigenvalue weighted by Crippen LogP contribution is -2.25. The van der Waals surface area contributed by atoms with E-state index in [2.05, 4.69) is 44.7 Å². The van der Waals surface area contributed by atoms with Crippen LogP contribution in [0.3, 0.4) is 0 Å². The molecule has 1 aliphatic heterocycles. The molecular weight excluding hydrogens is 370 g/mol. The summed E-state index contributed by atoms with van der Waals surface area (Å²) in [5.74, 6) is 0.589. The summed E-state index contributed by atoms with van der Waals surface area (Å²) in [5, 5.41) is 0. The molecule has 1 aromatic rings. The van der Waals surface area contributed by atoms with Gasteiger partial charge in [0.1, 0.15) is 6.10 Å². The van der Waals surface area contributed by atoms with Gasteiger partial charge in [0.15, 0.2) is 0 Å². The summed E-state index contributed by atoms with van der Waals surface area (Å²) in [5.41, 5.74) is 8.38. The van der Waals surface area contributed by atoms with Crippen molar-refractivity contribution in [1.29, 1.82) is 0 Å². The first-order valence-electron chi connectivity index (χ1n) is 11.7. The van der Waals surface area contributed by atoms with E-state index in [1.165, 1.54) is 48.8 Å². The second-order valence-electron chi connectivity index (χ2n) is 8.97. The van der Waals surface area contributed by atoms with Crippen LogP contribution in [0.2, 0.25) is 0 Å². The summed E-state index contributed by atoms with van der Waals surface area (Å²) < 4.78 is 5.94. The number of allylic oxidation sites excluding steroid dienone is 1. The first-order chi connectivity index (χ1) is 14.6. The van der Waals surface area contributed by atoms with Gasteiger partial charge in [-0.3, -0.25) is 4.90 Å². The van der Waals surface area contributed by atoms with Crippen LogP contribution in [0.5, 0.6) is 0 Å². The maximum Gasteiger partial charge on any atom is 0.410 e. The van der Waals surface area contributed by atoms with Crippen molar-refractivity contribution in [3.63, 3.8) is 0 Å². The van der Waals surface area contributed by atoms with Crippen LogP contribution in [0.15, 0.2) is 58.9 Å². The summed E-state index contributed by atoms with van der Waals surface area (Å²) in [6.07, 6.45) is 11.7. The molecular formula is C27H37NO2. The van der Waals surface area contributed by atoms with E-state index in [1.807, 2.05) is 23.1 Å². The van der Waals surface area contributed by atoms with Crippen LogP contribution in [0.25, 0.3) is 0 Å². The predicted octanol–water partition coefficient (Wildman–Crippen LogP) is 7.20. The van der Waals surface area contributed by atoms with Crippen LogP contribution in [-0.4, -0.2) is 23.6 Å². The standard InChI is InChI=1S/C27H37NO2/c1-4-5-16-24(17-21(2)3)25(18-22-12-8-6-9-13-22)26-20-28(27(29)30-26)19-23-14-10-7-11-15-23/h7,10-11,14-15,18,22,26H,4-6,8-9,12-13,16,19-20H2,1-3H3/b25-18-/t26-/m0/s1. The van der Waals surface area contributed by atoms with Crippen molar-refractivity contribution in [3.05, 3.63) is 64.4 Å². The highest BCUT2D eigenvalue weighted by Crippen LogP contribution is 2.32. The first kappa shape index (κ1) is 22.4. The maximum atomic E-state index is 12.7. The second kappa shape index (κ2) is 11.2. The molecule has 3 rings (SSSR count). The van der Waals surface area contributed by atoms with Crippen molar-refractivity contribution in [3.8, 4) is 0 Å².